The number of para-hydroxylation sites is 2. The first-order valence-corrected chi connectivity index (χ1v) is 11.6. The van der Waals surface area contributed by atoms with Crippen molar-refractivity contribution in [2.75, 3.05) is 12.0 Å². The maximum atomic E-state index is 14.0. The molecule has 3 aromatic carbocycles. The summed E-state index contributed by atoms with van der Waals surface area (Å²) in [5.74, 6) is -3.17. The molecule has 0 spiro atoms. The summed E-state index contributed by atoms with van der Waals surface area (Å²) < 4.78 is 11.2. The number of amides is 2. The van der Waals surface area contributed by atoms with Gasteiger partial charge in [0.1, 0.15) is 11.5 Å². The standard InChI is InChI=1S/C29H23NO5/c1-16-12-13-18-20-15-19(17-8-4-3-5-9-17)24-26(25(20)29(33)35-23(18)14-16)28(32)30(27(24)31)21-10-6-7-11-22(21)34-2/h3-15,19,24-26H,1-2H3/t19-,24+,25+,26-/m0/s1. The van der Waals surface area contributed by atoms with Crippen molar-refractivity contribution in [1.29, 1.82) is 0 Å². The van der Waals surface area contributed by atoms with E-state index in [2.05, 4.69) is 0 Å². The minimum absolute atomic E-state index is 0.337. The summed E-state index contributed by atoms with van der Waals surface area (Å²) in [5.41, 5.74) is 3.81. The number of allylic oxidation sites excluding steroid dienone is 1. The normalized spacial score (nSPS) is 24.8. The Hall–Kier alpha value is -4.19. The van der Waals surface area contributed by atoms with Crippen LogP contribution in [0.1, 0.15) is 22.6 Å². The molecule has 0 N–H and O–H groups in total. The summed E-state index contributed by atoms with van der Waals surface area (Å²) in [6.07, 6.45) is 1.99. The summed E-state index contributed by atoms with van der Waals surface area (Å²) in [6.45, 7) is 1.93. The number of hydrogen-bond acceptors (Lipinski definition) is 5. The van der Waals surface area contributed by atoms with Crippen LogP contribution < -0.4 is 14.4 Å². The molecule has 4 atom stereocenters. The van der Waals surface area contributed by atoms with Gasteiger partial charge in [-0.15, -0.1) is 0 Å². The van der Waals surface area contributed by atoms with E-state index in [0.29, 0.717) is 17.2 Å². The van der Waals surface area contributed by atoms with Gasteiger partial charge in [0, 0.05) is 11.5 Å². The van der Waals surface area contributed by atoms with Crippen molar-refractivity contribution in [3.63, 3.8) is 0 Å². The molecule has 0 bridgehead atoms. The van der Waals surface area contributed by atoms with Crippen LogP contribution in [0.2, 0.25) is 0 Å². The number of carbonyl (C=O) groups excluding carboxylic acids is 3. The first-order chi connectivity index (χ1) is 17.0. The topological polar surface area (TPSA) is 72.9 Å². The van der Waals surface area contributed by atoms with Gasteiger partial charge in [-0.2, -0.15) is 0 Å². The van der Waals surface area contributed by atoms with Gasteiger partial charge in [0.15, 0.2) is 0 Å². The fourth-order valence-electron chi connectivity index (χ4n) is 5.72. The second-order valence-corrected chi connectivity index (χ2v) is 9.19. The van der Waals surface area contributed by atoms with E-state index < -0.39 is 29.6 Å². The Morgan fingerprint density at radius 1 is 0.857 bits per heavy atom. The van der Waals surface area contributed by atoms with Gasteiger partial charge in [0.05, 0.1) is 30.6 Å². The van der Waals surface area contributed by atoms with E-state index in [4.69, 9.17) is 9.47 Å². The maximum Gasteiger partial charge on any atom is 0.319 e. The quantitative estimate of drug-likeness (QED) is 0.323. The number of aryl methyl sites for hydroxylation is 1. The lowest BCUT2D eigenvalue weighted by Gasteiger charge is -2.38. The van der Waals surface area contributed by atoms with E-state index in [1.54, 1.807) is 24.3 Å². The lowest BCUT2D eigenvalue weighted by atomic mass is 9.64. The summed E-state index contributed by atoms with van der Waals surface area (Å²) in [7, 11) is 1.50. The Labute approximate surface area is 202 Å². The summed E-state index contributed by atoms with van der Waals surface area (Å²) >= 11 is 0. The van der Waals surface area contributed by atoms with Gasteiger partial charge in [0.25, 0.3) is 0 Å². The SMILES string of the molecule is COc1ccccc1N1C(=O)[C@@H]2[C@@H]3C(=O)Oc4cc(C)ccc4C3=C[C@@H](c3ccccc3)[C@H]2C1=O. The van der Waals surface area contributed by atoms with Crippen LogP contribution in [0.25, 0.3) is 5.57 Å². The van der Waals surface area contributed by atoms with Gasteiger partial charge in [0.2, 0.25) is 11.8 Å². The molecule has 3 aromatic rings. The molecular formula is C29H23NO5. The zero-order valence-electron chi connectivity index (χ0n) is 19.3. The number of nitrogens with zero attached hydrogens (tertiary/aromatic N) is 1. The van der Waals surface area contributed by atoms with Crippen molar-refractivity contribution >= 4 is 29.0 Å². The van der Waals surface area contributed by atoms with E-state index in [1.165, 1.54) is 12.0 Å². The fourth-order valence-corrected chi connectivity index (χ4v) is 5.72. The molecule has 0 radical (unpaired) electrons. The first kappa shape index (κ1) is 21.4. The highest BCUT2D eigenvalue weighted by atomic mass is 16.5. The van der Waals surface area contributed by atoms with Crippen molar-refractivity contribution in [3.8, 4) is 11.5 Å². The van der Waals surface area contributed by atoms with E-state index in [-0.39, 0.29) is 11.8 Å². The van der Waals surface area contributed by atoms with Crippen molar-refractivity contribution < 1.29 is 23.9 Å². The highest BCUT2D eigenvalue weighted by Crippen LogP contribution is 2.55. The molecule has 1 fully saturated rings. The van der Waals surface area contributed by atoms with Crippen LogP contribution >= 0.6 is 0 Å². The third-order valence-corrected chi connectivity index (χ3v) is 7.26. The number of carbonyl (C=O) groups is 3. The number of anilines is 1. The Kier molecular flexibility index (Phi) is 4.85. The van der Waals surface area contributed by atoms with Crippen molar-refractivity contribution in [1.82, 2.24) is 0 Å². The highest BCUT2D eigenvalue weighted by molar-refractivity contribution is 6.25. The number of benzene rings is 3. The molecule has 1 aliphatic carbocycles. The van der Waals surface area contributed by atoms with E-state index in [0.717, 1.165) is 22.3 Å². The number of ether oxygens (including phenoxy) is 2. The monoisotopic (exact) mass is 465 g/mol. The molecule has 174 valence electrons. The number of rotatable bonds is 3. The van der Waals surface area contributed by atoms with Crippen molar-refractivity contribution in [3.05, 3.63) is 95.6 Å². The van der Waals surface area contributed by atoms with Crippen molar-refractivity contribution in [2.45, 2.75) is 12.8 Å². The van der Waals surface area contributed by atoms with Gasteiger partial charge >= 0.3 is 5.97 Å². The van der Waals surface area contributed by atoms with Crippen LogP contribution in [-0.2, 0) is 14.4 Å². The Morgan fingerprint density at radius 2 is 1.57 bits per heavy atom. The largest absolute Gasteiger partial charge is 0.495 e. The number of imide groups is 1. The molecular weight excluding hydrogens is 442 g/mol. The number of methoxy groups -OCH3 is 1. The third-order valence-electron chi connectivity index (χ3n) is 7.26. The predicted octanol–water partition coefficient (Wildman–Crippen LogP) is 4.53. The predicted molar refractivity (Wildman–Crippen MR) is 130 cm³/mol. The average molecular weight is 466 g/mol. The second kappa shape index (κ2) is 7.94. The second-order valence-electron chi connectivity index (χ2n) is 9.19. The van der Waals surface area contributed by atoms with E-state index in [9.17, 15) is 14.4 Å². The molecule has 1 saturated heterocycles. The van der Waals surface area contributed by atoms with E-state index >= 15 is 0 Å². The van der Waals surface area contributed by atoms with Crippen LogP contribution in [0, 0.1) is 24.7 Å². The molecule has 6 nitrogen and oxygen atoms in total. The number of hydrogen-bond donors (Lipinski definition) is 0. The number of esters is 1. The van der Waals surface area contributed by atoms with Crippen molar-refractivity contribution in [2.24, 2.45) is 17.8 Å². The summed E-state index contributed by atoms with van der Waals surface area (Å²) in [4.78, 5) is 42.4. The summed E-state index contributed by atoms with van der Waals surface area (Å²) in [6, 6.07) is 22.3. The fraction of sp³-hybridized carbons (Fsp3) is 0.207. The molecule has 3 aliphatic rings. The number of fused-ring (bicyclic) bond motifs is 5. The Bertz CT molecular complexity index is 1410. The zero-order valence-corrected chi connectivity index (χ0v) is 19.3. The minimum atomic E-state index is -0.875. The minimum Gasteiger partial charge on any atom is -0.495 e. The van der Waals surface area contributed by atoms with E-state index in [1.807, 2.05) is 61.5 Å². The highest BCUT2D eigenvalue weighted by Gasteiger charge is 2.60. The molecule has 2 aliphatic heterocycles. The molecule has 0 aromatic heterocycles. The van der Waals surface area contributed by atoms with Gasteiger partial charge in [-0.1, -0.05) is 60.7 Å². The molecule has 6 rings (SSSR count). The molecule has 6 heteroatoms. The molecule has 2 amide bonds. The van der Waals surface area contributed by atoms with Gasteiger partial charge in [-0.05, 0) is 41.8 Å². The first-order valence-electron chi connectivity index (χ1n) is 11.6. The van der Waals surface area contributed by atoms with Crippen LogP contribution in [0.15, 0.2) is 78.9 Å². The lowest BCUT2D eigenvalue weighted by molar-refractivity contribution is -0.142. The van der Waals surface area contributed by atoms with Crippen LogP contribution in [-0.4, -0.2) is 24.9 Å². The summed E-state index contributed by atoms with van der Waals surface area (Å²) in [5, 5.41) is 0. The van der Waals surface area contributed by atoms with Crippen LogP contribution in [0.3, 0.4) is 0 Å². The van der Waals surface area contributed by atoms with Crippen LogP contribution in [0.5, 0.6) is 11.5 Å². The average Bonchev–Trinajstić information content (AvgIpc) is 3.13. The molecule has 35 heavy (non-hydrogen) atoms. The van der Waals surface area contributed by atoms with Gasteiger partial charge in [-0.25, -0.2) is 4.90 Å². The molecule has 0 saturated carbocycles. The van der Waals surface area contributed by atoms with Gasteiger partial charge in [-0.3, -0.25) is 14.4 Å². The Balaban J connectivity index is 1.56. The van der Waals surface area contributed by atoms with Crippen LogP contribution in [0.4, 0.5) is 5.69 Å². The molecule has 0 unspecified atom stereocenters. The Morgan fingerprint density at radius 3 is 2.34 bits per heavy atom. The zero-order chi connectivity index (χ0) is 24.3. The smallest absolute Gasteiger partial charge is 0.319 e. The lowest BCUT2D eigenvalue weighted by Crippen LogP contribution is -2.42. The maximum absolute atomic E-state index is 14.0. The third kappa shape index (κ3) is 3.13. The molecule has 2 heterocycles. The van der Waals surface area contributed by atoms with Gasteiger partial charge < -0.3 is 9.47 Å².